The molecule has 1 heterocycles. The van der Waals surface area contributed by atoms with Gasteiger partial charge in [0.1, 0.15) is 0 Å². The Bertz CT molecular complexity index is 529. The average Bonchev–Trinajstić information content (AvgIpc) is 2.43. The summed E-state index contributed by atoms with van der Waals surface area (Å²) in [5.74, 6) is -1.58. The molecule has 0 radical (unpaired) electrons. The summed E-state index contributed by atoms with van der Waals surface area (Å²) in [6.07, 6.45) is 4.33. The molecule has 1 N–H and O–H groups in total. The topological polar surface area (TPSA) is 24.9 Å². The average molecular weight is 262 g/mol. The Labute approximate surface area is 111 Å². The van der Waals surface area contributed by atoms with Crippen molar-refractivity contribution in [3.8, 4) is 0 Å². The van der Waals surface area contributed by atoms with E-state index in [1.807, 2.05) is 19.1 Å². The van der Waals surface area contributed by atoms with Crippen molar-refractivity contribution in [1.29, 1.82) is 0 Å². The van der Waals surface area contributed by atoms with Gasteiger partial charge in [-0.05, 0) is 37.6 Å². The zero-order chi connectivity index (χ0) is 13.7. The number of hydrogen-bond donors (Lipinski definition) is 1. The van der Waals surface area contributed by atoms with Gasteiger partial charge in [0.05, 0.1) is 0 Å². The molecule has 2 nitrogen and oxygen atoms in total. The Morgan fingerprint density at radius 1 is 1.21 bits per heavy atom. The van der Waals surface area contributed by atoms with Crippen molar-refractivity contribution in [2.45, 2.75) is 19.4 Å². The molecule has 0 saturated carbocycles. The number of nitrogens with zero attached hydrogens (tertiary/aromatic N) is 1. The highest BCUT2D eigenvalue weighted by Gasteiger charge is 2.13. The molecule has 0 spiro atoms. The second-order valence-electron chi connectivity index (χ2n) is 4.43. The Balaban J connectivity index is 1.91. The molecule has 1 atom stereocenters. The maximum absolute atomic E-state index is 13.6. The number of pyridine rings is 1. The lowest BCUT2D eigenvalue weighted by Gasteiger charge is -2.15. The Kier molecular flexibility index (Phi) is 4.58. The van der Waals surface area contributed by atoms with Crippen molar-refractivity contribution in [3.05, 3.63) is 65.5 Å². The lowest BCUT2D eigenvalue weighted by Crippen LogP contribution is -2.22. The highest BCUT2D eigenvalue weighted by atomic mass is 19.2. The fraction of sp³-hybridized carbons (Fsp3) is 0.267. The minimum atomic E-state index is -0.807. The van der Waals surface area contributed by atoms with Gasteiger partial charge < -0.3 is 5.32 Å². The lowest BCUT2D eigenvalue weighted by molar-refractivity contribution is 0.474. The van der Waals surface area contributed by atoms with Crippen LogP contribution in [0.2, 0.25) is 0 Å². The summed E-state index contributed by atoms with van der Waals surface area (Å²) in [7, 11) is 0. The van der Waals surface area contributed by atoms with Crippen LogP contribution in [-0.2, 0) is 6.42 Å². The second-order valence-corrected chi connectivity index (χ2v) is 4.43. The van der Waals surface area contributed by atoms with E-state index >= 15 is 0 Å². The molecule has 0 fully saturated rings. The molecular formula is C15H16F2N2. The van der Waals surface area contributed by atoms with Gasteiger partial charge in [-0.15, -0.1) is 0 Å². The SMILES string of the molecule is CC(NCCc1cccnc1)c1cccc(F)c1F. The van der Waals surface area contributed by atoms with Gasteiger partial charge in [0.2, 0.25) is 0 Å². The largest absolute Gasteiger partial charge is 0.310 e. The predicted molar refractivity (Wildman–Crippen MR) is 70.7 cm³/mol. The highest BCUT2D eigenvalue weighted by molar-refractivity contribution is 5.22. The Morgan fingerprint density at radius 3 is 2.79 bits per heavy atom. The van der Waals surface area contributed by atoms with Crippen molar-refractivity contribution in [2.24, 2.45) is 0 Å². The van der Waals surface area contributed by atoms with Crippen LogP contribution in [0, 0.1) is 11.6 Å². The van der Waals surface area contributed by atoms with E-state index in [0.29, 0.717) is 12.1 Å². The van der Waals surface area contributed by atoms with E-state index in [0.717, 1.165) is 18.1 Å². The Hall–Kier alpha value is -1.81. The van der Waals surface area contributed by atoms with Crippen molar-refractivity contribution in [3.63, 3.8) is 0 Å². The van der Waals surface area contributed by atoms with E-state index in [9.17, 15) is 8.78 Å². The van der Waals surface area contributed by atoms with Gasteiger partial charge in [-0.3, -0.25) is 4.98 Å². The molecule has 1 aromatic heterocycles. The highest BCUT2D eigenvalue weighted by Crippen LogP contribution is 2.18. The van der Waals surface area contributed by atoms with Crippen molar-refractivity contribution < 1.29 is 8.78 Å². The third-order valence-corrected chi connectivity index (χ3v) is 3.03. The molecule has 0 aliphatic rings. The molecule has 100 valence electrons. The minimum Gasteiger partial charge on any atom is -0.310 e. The van der Waals surface area contributed by atoms with Gasteiger partial charge in [-0.1, -0.05) is 18.2 Å². The van der Waals surface area contributed by atoms with Gasteiger partial charge in [0.15, 0.2) is 11.6 Å². The molecule has 2 aromatic rings. The van der Waals surface area contributed by atoms with Gasteiger partial charge in [-0.25, -0.2) is 8.78 Å². The molecule has 1 unspecified atom stereocenters. The first-order valence-electron chi connectivity index (χ1n) is 6.24. The zero-order valence-corrected chi connectivity index (χ0v) is 10.7. The summed E-state index contributed by atoms with van der Waals surface area (Å²) in [5, 5.41) is 3.18. The predicted octanol–water partition coefficient (Wildman–Crippen LogP) is 3.25. The summed E-state index contributed by atoms with van der Waals surface area (Å²) in [6, 6.07) is 7.88. The van der Waals surface area contributed by atoms with Crippen molar-refractivity contribution >= 4 is 0 Å². The van der Waals surface area contributed by atoms with E-state index in [1.165, 1.54) is 6.07 Å². The number of hydrogen-bond acceptors (Lipinski definition) is 2. The molecule has 0 aliphatic carbocycles. The third kappa shape index (κ3) is 3.58. The van der Waals surface area contributed by atoms with Crippen LogP contribution >= 0.6 is 0 Å². The van der Waals surface area contributed by atoms with Crippen LogP contribution in [0.15, 0.2) is 42.7 Å². The fourth-order valence-electron chi connectivity index (χ4n) is 1.94. The summed E-state index contributed by atoms with van der Waals surface area (Å²) in [5.41, 5.74) is 1.47. The molecule has 1 aromatic carbocycles. The van der Waals surface area contributed by atoms with E-state index in [-0.39, 0.29) is 6.04 Å². The van der Waals surface area contributed by atoms with Crippen LogP contribution in [0.3, 0.4) is 0 Å². The van der Waals surface area contributed by atoms with Crippen LogP contribution in [0.25, 0.3) is 0 Å². The van der Waals surface area contributed by atoms with Crippen molar-refractivity contribution in [2.75, 3.05) is 6.54 Å². The summed E-state index contributed by atoms with van der Waals surface area (Å²) in [4.78, 5) is 4.03. The summed E-state index contributed by atoms with van der Waals surface area (Å²) in [6.45, 7) is 2.50. The minimum absolute atomic E-state index is 0.229. The second kappa shape index (κ2) is 6.38. The quantitative estimate of drug-likeness (QED) is 0.894. The first kappa shape index (κ1) is 13.6. The maximum atomic E-state index is 13.6. The number of halogens is 2. The number of rotatable bonds is 5. The number of benzene rings is 1. The standard InChI is InChI=1S/C15H16F2N2/c1-11(13-5-2-6-14(16)15(13)17)19-9-7-12-4-3-8-18-10-12/h2-6,8,10-11,19H,7,9H2,1H3. The summed E-state index contributed by atoms with van der Waals surface area (Å²) >= 11 is 0. The molecule has 19 heavy (non-hydrogen) atoms. The van der Waals surface area contributed by atoms with Crippen LogP contribution in [0.1, 0.15) is 24.1 Å². The van der Waals surface area contributed by atoms with E-state index in [4.69, 9.17) is 0 Å². The number of aromatic nitrogens is 1. The van der Waals surface area contributed by atoms with Gasteiger partial charge in [-0.2, -0.15) is 0 Å². The molecule has 0 amide bonds. The maximum Gasteiger partial charge on any atom is 0.163 e. The molecular weight excluding hydrogens is 246 g/mol. The van der Waals surface area contributed by atoms with E-state index in [1.54, 1.807) is 18.5 Å². The van der Waals surface area contributed by atoms with Gasteiger partial charge >= 0.3 is 0 Å². The zero-order valence-electron chi connectivity index (χ0n) is 10.7. The molecule has 0 saturated heterocycles. The van der Waals surface area contributed by atoms with Gasteiger partial charge in [0, 0.05) is 24.0 Å². The number of nitrogens with one attached hydrogen (secondary N) is 1. The molecule has 2 rings (SSSR count). The summed E-state index contributed by atoms with van der Waals surface area (Å²) < 4.78 is 26.7. The first-order chi connectivity index (χ1) is 9.18. The molecule has 0 aliphatic heterocycles. The first-order valence-corrected chi connectivity index (χ1v) is 6.24. The van der Waals surface area contributed by atoms with Gasteiger partial charge in [0.25, 0.3) is 0 Å². The smallest absolute Gasteiger partial charge is 0.163 e. The fourth-order valence-corrected chi connectivity index (χ4v) is 1.94. The Morgan fingerprint density at radius 2 is 2.05 bits per heavy atom. The monoisotopic (exact) mass is 262 g/mol. The lowest BCUT2D eigenvalue weighted by atomic mass is 10.1. The third-order valence-electron chi connectivity index (χ3n) is 3.03. The van der Waals surface area contributed by atoms with Crippen molar-refractivity contribution in [1.82, 2.24) is 10.3 Å². The van der Waals surface area contributed by atoms with E-state index < -0.39 is 11.6 Å². The molecule has 0 bridgehead atoms. The van der Waals surface area contributed by atoms with E-state index in [2.05, 4.69) is 10.3 Å². The normalized spacial score (nSPS) is 12.4. The van der Waals surface area contributed by atoms with Crippen LogP contribution < -0.4 is 5.32 Å². The van der Waals surface area contributed by atoms with Crippen LogP contribution in [0.5, 0.6) is 0 Å². The molecule has 4 heteroatoms. The van der Waals surface area contributed by atoms with Crippen LogP contribution in [-0.4, -0.2) is 11.5 Å². The van der Waals surface area contributed by atoms with Crippen LogP contribution in [0.4, 0.5) is 8.78 Å².